The molecule has 2 aromatic carbocycles. The van der Waals surface area contributed by atoms with E-state index in [2.05, 4.69) is 35.2 Å². The van der Waals surface area contributed by atoms with Crippen LogP contribution in [-0.4, -0.2) is 50.8 Å². The lowest BCUT2D eigenvalue weighted by molar-refractivity contribution is -0.117. The molecule has 2 aliphatic heterocycles. The van der Waals surface area contributed by atoms with Crippen LogP contribution in [0.5, 0.6) is 11.5 Å². The second kappa shape index (κ2) is 10.2. The molecule has 1 amide bonds. The van der Waals surface area contributed by atoms with Gasteiger partial charge in [0.25, 0.3) is 0 Å². The largest absolute Gasteiger partial charge is 0.497 e. The molecule has 1 unspecified atom stereocenters. The van der Waals surface area contributed by atoms with Crippen LogP contribution in [-0.2, 0) is 22.6 Å². The Labute approximate surface area is 184 Å². The van der Waals surface area contributed by atoms with Crippen molar-refractivity contribution in [2.75, 3.05) is 38.8 Å². The minimum atomic E-state index is 0.222. The highest BCUT2D eigenvalue weighted by atomic mass is 16.5. The van der Waals surface area contributed by atoms with Crippen molar-refractivity contribution in [3.05, 3.63) is 53.6 Å². The Morgan fingerprint density at radius 1 is 1.06 bits per heavy atom. The molecule has 0 bridgehead atoms. The molecule has 2 aliphatic rings. The standard InChI is InChI=1S/C25H32N2O4/c1-29-22-12-9-20(24(15-22)30-2)17-26(18-23-5-4-14-31-23)16-19-7-10-21(11-8-19)27-13-3-6-25(27)28/h7-12,15,23H,3-6,13-14,16-18H2,1-2H3. The fourth-order valence-electron chi connectivity index (χ4n) is 4.45. The van der Waals surface area contributed by atoms with Crippen LogP contribution in [0.4, 0.5) is 5.69 Å². The number of hydrogen-bond acceptors (Lipinski definition) is 5. The number of carbonyl (C=O) groups excluding carboxylic acids is 1. The molecule has 2 aromatic rings. The maximum absolute atomic E-state index is 12.0. The average Bonchev–Trinajstić information content (AvgIpc) is 3.46. The van der Waals surface area contributed by atoms with Gasteiger partial charge in [-0.25, -0.2) is 0 Å². The van der Waals surface area contributed by atoms with Gasteiger partial charge in [0.15, 0.2) is 0 Å². The van der Waals surface area contributed by atoms with Gasteiger partial charge in [0.05, 0.1) is 20.3 Å². The molecule has 2 saturated heterocycles. The van der Waals surface area contributed by atoms with Crippen molar-refractivity contribution < 1.29 is 19.0 Å². The molecule has 2 fully saturated rings. The zero-order valence-corrected chi connectivity index (χ0v) is 18.5. The van der Waals surface area contributed by atoms with Crippen LogP contribution in [0, 0.1) is 0 Å². The molecule has 0 N–H and O–H groups in total. The summed E-state index contributed by atoms with van der Waals surface area (Å²) in [5.74, 6) is 1.84. The topological polar surface area (TPSA) is 51.2 Å². The quantitative estimate of drug-likeness (QED) is 0.609. The van der Waals surface area contributed by atoms with Crippen molar-refractivity contribution in [2.24, 2.45) is 0 Å². The molecule has 1 atom stereocenters. The molecule has 6 heteroatoms. The van der Waals surface area contributed by atoms with E-state index in [0.29, 0.717) is 6.42 Å². The second-order valence-corrected chi connectivity index (χ2v) is 8.30. The van der Waals surface area contributed by atoms with Crippen molar-refractivity contribution in [3.8, 4) is 11.5 Å². The Bertz CT molecular complexity index is 878. The van der Waals surface area contributed by atoms with Gasteiger partial charge in [0.2, 0.25) is 5.91 Å². The lowest BCUT2D eigenvalue weighted by atomic mass is 10.1. The number of methoxy groups -OCH3 is 2. The number of hydrogen-bond donors (Lipinski definition) is 0. The van der Waals surface area contributed by atoms with Gasteiger partial charge >= 0.3 is 0 Å². The first kappa shape index (κ1) is 21.7. The molecule has 31 heavy (non-hydrogen) atoms. The van der Waals surface area contributed by atoms with Crippen molar-refractivity contribution in [2.45, 2.75) is 44.9 Å². The number of amides is 1. The van der Waals surface area contributed by atoms with Gasteiger partial charge in [-0.05, 0) is 43.0 Å². The fraction of sp³-hybridized carbons (Fsp3) is 0.480. The Balaban J connectivity index is 1.49. The van der Waals surface area contributed by atoms with E-state index in [4.69, 9.17) is 14.2 Å². The summed E-state index contributed by atoms with van der Waals surface area (Å²) in [6.45, 7) is 4.12. The van der Waals surface area contributed by atoms with E-state index in [1.54, 1.807) is 14.2 Å². The zero-order chi connectivity index (χ0) is 21.6. The molecular weight excluding hydrogens is 392 g/mol. The molecular formula is C25H32N2O4. The Hall–Kier alpha value is -2.57. The van der Waals surface area contributed by atoms with E-state index in [1.165, 1.54) is 5.56 Å². The van der Waals surface area contributed by atoms with E-state index in [9.17, 15) is 4.79 Å². The van der Waals surface area contributed by atoms with Crippen LogP contribution in [0.15, 0.2) is 42.5 Å². The molecule has 6 nitrogen and oxygen atoms in total. The normalized spacial score (nSPS) is 18.7. The van der Waals surface area contributed by atoms with E-state index in [-0.39, 0.29) is 12.0 Å². The predicted molar refractivity (Wildman–Crippen MR) is 121 cm³/mol. The third-order valence-corrected chi connectivity index (χ3v) is 6.10. The SMILES string of the molecule is COc1ccc(CN(Cc2ccc(N3CCCC3=O)cc2)CC2CCCO2)c(OC)c1. The molecule has 0 aromatic heterocycles. The fourth-order valence-corrected chi connectivity index (χ4v) is 4.45. The van der Waals surface area contributed by atoms with Crippen molar-refractivity contribution in [1.29, 1.82) is 0 Å². The molecule has 0 spiro atoms. The maximum atomic E-state index is 12.0. The number of benzene rings is 2. The number of carbonyl (C=O) groups is 1. The van der Waals surface area contributed by atoms with E-state index < -0.39 is 0 Å². The predicted octanol–water partition coefficient (Wildman–Crippen LogP) is 4.01. The summed E-state index contributed by atoms with van der Waals surface area (Å²) in [6, 6.07) is 14.4. The van der Waals surface area contributed by atoms with Crippen molar-refractivity contribution in [3.63, 3.8) is 0 Å². The molecule has 4 rings (SSSR count). The summed E-state index contributed by atoms with van der Waals surface area (Å²) >= 11 is 0. The van der Waals surface area contributed by atoms with Crippen LogP contribution < -0.4 is 14.4 Å². The van der Waals surface area contributed by atoms with Crippen LogP contribution in [0.25, 0.3) is 0 Å². The van der Waals surface area contributed by atoms with Crippen LogP contribution in [0.3, 0.4) is 0 Å². The first-order valence-electron chi connectivity index (χ1n) is 11.1. The van der Waals surface area contributed by atoms with Gasteiger partial charge < -0.3 is 19.1 Å². The Morgan fingerprint density at radius 2 is 1.90 bits per heavy atom. The van der Waals surface area contributed by atoms with Crippen molar-refractivity contribution >= 4 is 11.6 Å². The van der Waals surface area contributed by atoms with Gasteiger partial charge in [-0.15, -0.1) is 0 Å². The maximum Gasteiger partial charge on any atom is 0.227 e. The van der Waals surface area contributed by atoms with Crippen molar-refractivity contribution in [1.82, 2.24) is 4.90 Å². The summed E-state index contributed by atoms with van der Waals surface area (Å²) in [5, 5.41) is 0. The smallest absolute Gasteiger partial charge is 0.227 e. The Kier molecular flexibility index (Phi) is 7.10. The van der Waals surface area contributed by atoms with E-state index in [0.717, 1.165) is 74.8 Å². The minimum absolute atomic E-state index is 0.222. The average molecular weight is 425 g/mol. The highest BCUT2D eigenvalue weighted by Crippen LogP contribution is 2.28. The molecule has 0 saturated carbocycles. The lowest BCUT2D eigenvalue weighted by Crippen LogP contribution is -2.31. The third kappa shape index (κ3) is 5.38. The minimum Gasteiger partial charge on any atom is -0.497 e. The van der Waals surface area contributed by atoms with E-state index in [1.807, 2.05) is 17.0 Å². The third-order valence-electron chi connectivity index (χ3n) is 6.10. The van der Waals surface area contributed by atoms with Gasteiger partial charge in [0.1, 0.15) is 11.5 Å². The van der Waals surface area contributed by atoms with Gasteiger partial charge in [-0.1, -0.05) is 18.2 Å². The summed E-state index contributed by atoms with van der Waals surface area (Å²) in [7, 11) is 3.36. The summed E-state index contributed by atoms with van der Waals surface area (Å²) < 4.78 is 16.9. The van der Waals surface area contributed by atoms with Crippen LogP contribution in [0.1, 0.15) is 36.8 Å². The Morgan fingerprint density at radius 3 is 2.55 bits per heavy atom. The highest BCUT2D eigenvalue weighted by molar-refractivity contribution is 5.95. The monoisotopic (exact) mass is 424 g/mol. The van der Waals surface area contributed by atoms with Gasteiger partial charge in [-0.3, -0.25) is 9.69 Å². The lowest BCUT2D eigenvalue weighted by Gasteiger charge is -2.26. The first-order chi connectivity index (χ1) is 15.2. The van der Waals surface area contributed by atoms with Crippen LogP contribution in [0.2, 0.25) is 0 Å². The highest BCUT2D eigenvalue weighted by Gasteiger charge is 2.23. The zero-order valence-electron chi connectivity index (χ0n) is 18.5. The number of rotatable bonds is 9. The molecule has 2 heterocycles. The molecule has 166 valence electrons. The number of ether oxygens (including phenoxy) is 3. The second-order valence-electron chi connectivity index (χ2n) is 8.30. The molecule has 0 aliphatic carbocycles. The van der Waals surface area contributed by atoms with Gasteiger partial charge in [-0.2, -0.15) is 0 Å². The summed E-state index contributed by atoms with van der Waals surface area (Å²) in [6.07, 6.45) is 4.10. The van der Waals surface area contributed by atoms with E-state index >= 15 is 0 Å². The first-order valence-corrected chi connectivity index (χ1v) is 11.1. The van der Waals surface area contributed by atoms with Crippen LogP contribution >= 0.6 is 0 Å². The van der Waals surface area contributed by atoms with Gasteiger partial charge in [0, 0.05) is 56.5 Å². The number of nitrogens with zero attached hydrogens (tertiary/aromatic N) is 2. The number of anilines is 1. The summed E-state index contributed by atoms with van der Waals surface area (Å²) in [5.41, 5.74) is 3.34. The summed E-state index contributed by atoms with van der Waals surface area (Å²) in [4.78, 5) is 16.3. The molecule has 0 radical (unpaired) electrons.